The van der Waals surface area contributed by atoms with Crippen LogP contribution in [0.5, 0.6) is 0 Å². The first-order chi connectivity index (χ1) is 22.5. The number of carbonyl (C=O) groups excluding carboxylic acids is 4. The van der Waals surface area contributed by atoms with Crippen LogP contribution in [0.3, 0.4) is 0 Å². The van der Waals surface area contributed by atoms with Gasteiger partial charge < -0.3 is 20.4 Å². The lowest BCUT2D eigenvalue weighted by Gasteiger charge is -2.24. The summed E-state index contributed by atoms with van der Waals surface area (Å²) in [7, 11) is 0. The van der Waals surface area contributed by atoms with E-state index in [4.69, 9.17) is 0 Å². The van der Waals surface area contributed by atoms with Crippen molar-refractivity contribution in [2.24, 2.45) is 0 Å². The van der Waals surface area contributed by atoms with Gasteiger partial charge >= 0.3 is 0 Å². The Labute approximate surface area is 268 Å². The number of hydrogen-bond acceptors (Lipinski definition) is 4. The van der Waals surface area contributed by atoms with Crippen LogP contribution in [0.4, 0.5) is 11.4 Å². The maximum atomic E-state index is 13.1. The van der Waals surface area contributed by atoms with Crippen LogP contribution in [0, 0.1) is 0 Å². The molecular weight excluding hydrogens is 576 g/mol. The minimum atomic E-state index is -0.492. The van der Waals surface area contributed by atoms with E-state index < -0.39 is 12.1 Å². The van der Waals surface area contributed by atoms with E-state index in [1.165, 1.54) is 0 Å². The lowest BCUT2D eigenvalue weighted by molar-refractivity contribution is -0.120. The summed E-state index contributed by atoms with van der Waals surface area (Å²) >= 11 is 0. The van der Waals surface area contributed by atoms with Crippen LogP contribution in [0.1, 0.15) is 57.5 Å². The van der Waals surface area contributed by atoms with E-state index in [1.54, 1.807) is 34.1 Å². The lowest BCUT2D eigenvalue weighted by atomic mass is 10.1. The van der Waals surface area contributed by atoms with E-state index in [1.807, 2.05) is 97.1 Å². The van der Waals surface area contributed by atoms with Crippen LogP contribution in [-0.4, -0.2) is 58.6 Å². The third-order valence-electron chi connectivity index (χ3n) is 8.50. The van der Waals surface area contributed by atoms with Crippen molar-refractivity contribution in [3.8, 4) is 0 Å². The molecule has 46 heavy (non-hydrogen) atoms. The van der Waals surface area contributed by atoms with Crippen molar-refractivity contribution in [1.82, 2.24) is 9.80 Å². The Morgan fingerprint density at radius 2 is 0.891 bits per heavy atom. The summed E-state index contributed by atoms with van der Waals surface area (Å²) in [5.41, 5.74) is 4.44. The van der Waals surface area contributed by atoms with E-state index in [-0.39, 0.29) is 23.6 Å². The van der Waals surface area contributed by atoms with Crippen LogP contribution < -0.4 is 10.6 Å². The van der Waals surface area contributed by atoms with Gasteiger partial charge in [0.1, 0.15) is 12.1 Å². The third kappa shape index (κ3) is 7.07. The Kier molecular flexibility index (Phi) is 9.34. The highest BCUT2D eigenvalue weighted by Gasteiger charge is 2.35. The van der Waals surface area contributed by atoms with Gasteiger partial charge in [0.15, 0.2) is 0 Å². The van der Waals surface area contributed by atoms with Crippen molar-refractivity contribution in [2.45, 2.75) is 37.8 Å². The Balaban J connectivity index is 1.01. The molecule has 2 aliphatic rings. The predicted molar refractivity (Wildman–Crippen MR) is 180 cm³/mol. The number of likely N-dealkylation sites (tertiary alicyclic amines) is 2. The maximum absolute atomic E-state index is 13.1. The number of rotatable bonds is 8. The second-order valence-corrected chi connectivity index (χ2v) is 11.6. The second kappa shape index (κ2) is 14.1. The second-order valence-electron chi connectivity index (χ2n) is 11.6. The number of carbonyl (C=O) groups is 4. The minimum Gasteiger partial charge on any atom is -0.327 e. The molecule has 8 heteroatoms. The molecule has 0 bridgehead atoms. The molecule has 4 aromatic rings. The van der Waals surface area contributed by atoms with Gasteiger partial charge in [0.05, 0.1) is 0 Å². The van der Waals surface area contributed by atoms with Gasteiger partial charge in [-0.2, -0.15) is 0 Å². The van der Waals surface area contributed by atoms with Crippen LogP contribution in [0.15, 0.2) is 109 Å². The molecule has 2 saturated heterocycles. The lowest BCUT2D eigenvalue weighted by Crippen LogP contribution is -2.43. The summed E-state index contributed by atoms with van der Waals surface area (Å²) in [6, 6.07) is 32.2. The van der Waals surface area contributed by atoms with Gasteiger partial charge in [-0.1, -0.05) is 72.8 Å². The van der Waals surface area contributed by atoms with Crippen molar-refractivity contribution in [3.63, 3.8) is 0 Å². The van der Waals surface area contributed by atoms with E-state index in [0.717, 1.165) is 24.0 Å². The molecule has 2 N–H and O–H groups in total. The number of amides is 4. The van der Waals surface area contributed by atoms with E-state index in [0.29, 0.717) is 48.4 Å². The molecule has 2 heterocycles. The smallest absolute Gasteiger partial charge is 0.254 e. The highest BCUT2D eigenvalue weighted by molar-refractivity contribution is 6.02. The molecule has 4 aromatic carbocycles. The first-order valence-electron chi connectivity index (χ1n) is 15.7. The maximum Gasteiger partial charge on any atom is 0.254 e. The van der Waals surface area contributed by atoms with E-state index >= 15 is 0 Å². The van der Waals surface area contributed by atoms with Crippen LogP contribution in [-0.2, 0) is 9.59 Å². The molecule has 0 aliphatic carbocycles. The summed E-state index contributed by atoms with van der Waals surface area (Å²) in [6.07, 6.45) is 6.82. The molecule has 0 saturated carbocycles. The quantitative estimate of drug-likeness (QED) is 0.227. The fraction of sp³-hybridized carbons (Fsp3) is 0.211. The number of nitrogens with zero attached hydrogens (tertiary/aromatic N) is 2. The van der Waals surface area contributed by atoms with Crippen molar-refractivity contribution in [3.05, 3.63) is 131 Å². The summed E-state index contributed by atoms with van der Waals surface area (Å²) in [5.74, 6) is -0.601. The van der Waals surface area contributed by atoms with Crippen molar-refractivity contribution >= 4 is 47.2 Å². The molecular formula is C38H36N4O4. The molecule has 0 unspecified atom stereocenters. The van der Waals surface area contributed by atoms with Crippen molar-refractivity contribution < 1.29 is 19.2 Å². The Morgan fingerprint density at radius 1 is 0.522 bits per heavy atom. The monoisotopic (exact) mass is 612 g/mol. The zero-order chi connectivity index (χ0) is 31.9. The van der Waals surface area contributed by atoms with Crippen LogP contribution in [0.2, 0.25) is 0 Å². The zero-order valence-electron chi connectivity index (χ0n) is 25.5. The van der Waals surface area contributed by atoms with Gasteiger partial charge in [0.2, 0.25) is 11.8 Å². The Morgan fingerprint density at radius 3 is 1.26 bits per heavy atom. The topological polar surface area (TPSA) is 98.8 Å². The normalized spacial score (nSPS) is 17.7. The van der Waals surface area contributed by atoms with Crippen LogP contribution >= 0.6 is 0 Å². The SMILES string of the molecule is O=C(Nc1ccc(C=Cc2ccc(NC(=O)[C@@H]3CCCN3C(=O)c3ccccc3)cc2)cc1)[C@@H]1CCCN1C(=O)c1ccccc1. The highest BCUT2D eigenvalue weighted by Crippen LogP contribution is 2.24. The summed E-state index contributed by atoms with van der Waals surface area (Å²) < 4.78 is 0. The summed E-state index contributed by atoms with van der Waals surface area (Å²) in [5, 5.41) is 5.93. The molecule has 0 spiro atoms. The van der Waals surface area contributed by atoms with E-state index in [9.17, 15) is 19.2 Å². The Hall–Kier alpha value is -5.50. The van der Waals surface area contributed by atoms with Gasteiger partial charge in [-0.15, -0.1) is 0 Å². The molecule has 4 amide bonds. The molecule has 8 nitrogen and oxygen atoms in total. The highest BCUT2D eigenvalue weighted by atomic mass is 16.2. The zero-order valence-corrected chi connectivity index (χ0v) is 25.5. The van der Waals surface area contributed by atoms with Crippen molar-refractivity contribution in [2.75, 3.05) is 23.7 Å². The molecule has 2 atom stereocenters. The summed E-state index contributed by atoms with van der Waals surface area (Å²) in [6.45, 7) is 1.13. The molecule has 2 fully saturated rings. The fourth-order valence-corrected chi connectivity index (χ4v) is 6.06. The predicted octanol–water partition coefficient (Wildman–Crippen LogP) is 6.34. The molecule has 0 radical (unpaired) electrons. The average molecular weight is 613 g/mol. The van der Waals surface area contributed by atoms with Gasteiger partial charge in [-0.05, 0) is 85.3 Å². The van der Waals surface area contributed by atoms with Crippen LogP contribution in [0.25, 0.3) is 12.2 Å². The Bertz CT molecular complexity index is 1590. The first kappa shape index (κ1) is 30.5. The molecule has 6 rings (SSSR count). The van der Waals surface area contributed by atoms with Gasteiger partial charge in [-0.25, -0.2) is 0 Å². The molecule has 232 valence electrons. The number of anilines is 2. The number of benzene rings is 4. The molecule has 2 aliphatic heterocycles. The van der Waals surface area contributed by atoms with Crippen molar-refractivity contribution in [1.29, 1.82) is 0 Å². The van der Waals surface area contributed by atoms with Gasteiger partial charge in [0, 0.05) is 35.6 Å². The summed E-state index contributed by atoms with van der Waals surface area (Å²) in [4.78, 5) is 55.4. The number of nitrogens with one attached hydrogen (secondary N) is 2. The van der Waals surface area contributed by atoms with Gasteiger partial charge in [-0.3, -0.25) is 19.2 Å². The fourth-order valence-electron chi connectivity index (χ4n) is 6.06. The first-order valence-corrected chi connectivity index (χ1v) is 15.7. The standard InChI is InChI=1S/C38H36N4O4/c43-35(33-13-7-25-41(33)37(45)29-9-3-1-4-10-29)39-31-21-17-27(18-22-31)15-16-28-19-23-32(24-20-28)40-36(44)34-14-8-26-42(34)38(46)30-11-5-2-6-12-30/h1-6,9-12,15-24,33-34H,7-8,13-14,25-26H2,(H,39,43)(H,40,44)/t33-,34-/m0/s1. The minimum absolute atomic E-state index is 0.120. The number of hydrogen-bond donors (Lipinski definition) is 2. The average Bonchev–Trinajstić information content (AvgIpc) is 3.80. The van der Waals surface area contributed by atoms with E-state index in [2.05, 4.69) is 10.6 Å². The third-order valence-corrected chi connectivity index (χ3v) is 8.50. The van der Waals surface area contributed by atoms with Gasteiger partial charge in [0.25, 0.3) is 11.8 Å². The molecule has 0 aromatic heterocycles. The largest absolute Gasteiger partial charge is 0.327 e.